The summed E-state index contributed by atoms with van der Waals surface area (Å²) in [5.41, 5.74) is 3.03. The SMILES string of the molecule is CCCNCCOc1ccc(C(=O)NC(=O)C[C@@H]2NC(=O)[C@H](NC(=O)[C@@H](CC(C)C)NC)[C@H](O)c3ccc(c(Cl)c3)Oc3cc4cc(c3O[C@@H]3C[C@H](CO)[C@@H](O)[C@H](O)[C@H]3O[C@H]3C[C@](C)(N)[C@H](O)[C@H](C)O3)Oc3ccc(cc3Cl)[C@@H](O)[C@@H]3NC(=O)[C@H](NC(=O)[C@@H]4NC2=O)c2ccc(O)c(c2)-c2c(O)cc(O)cc2[C@@H](C(=O)NC2C4CC5CC(C4)CC2C5)NC3=O)cc1. The van der Waals surface area contributed by atoms with Crippen molar-refractivity contribution in [3.05, 3.63) is 147 Å². The fourth-order valence-corrected chi connectivity index (χ4v) is 19.3. The molecule has 1 saturated heterocycles. The van der Waals surface area contributed by atoms with E-state index in [1.54, 1.807) is 6.92 Å². The van der Waals surface area contributed by atoms with Crippen LogP contribution in [0.3, 0.4) is 0 Å². The Bertz CT molecular complexity index is 5100. The number of phenolic OH excluding ortho intramolecular Hbond substituents is 3. The lowest BCUT2D eigenvalue weighted by atomic mass is 9.54. The summed E-state index contributed by atoms with van der Waals surface area (Å²) in [4.78, 5) is 139. The molecule has 0 radical (unpaired) electrons. The van der Waals surface area contributed by atoms with Crippen LogP contribution in [-0.2, 0) is 47.8 Å². The molecule has 6 heterocycles. The Morgan fingerprint density at radius 2 is 1.29 bits per heavy atom. The van der Waals surface area contributed by atoms with E-state index in [-0.39, 0.29) is 110 Å². The summed E-state index contributed by atoms with van der Waals surface area (Å²) >= 11 is 14.6. The monoisotopic (exact) mass is 1780 g/mol. The lowest BCUT2D eigenvalue weighted by Gasteiger charge is -2.54. The van der Waals surface area contributed by atoms with Crippen LogP contribution in [0.2, 0.25) is 10.0 Å². The van der Waals surface area contributed by atoms with Crippen molar-refractivity contribution in [2.24, 2.45) is 41.2 Å². The zero-order valence-electron chi connectivity index (χ0n) is 70.0. The number of hydrogen-bond acceptors (Lipinski definition) is 27. The Labute approximate surface area is 735 Å². The number of nitrogens with one attached hydrogen (secondary N) is 10. The van der Waals surface area contributed by atoms with E-state index >= 15 is 28.8 Å². The number of carbonyl (C=O) groups is 9. The molecule has 5 saturated carbocycles. The van der Waals surface area contributed by atoms with Crippen LogP contribution in [0.25, 0.3) is 11.1 Å². The Morgan fingerprint density at radius 3 is 1.91 bits per heavy atom. The van der Waals surface area contributed by atoms with E-state index in [1.807, 2.05) is 20.8 Å². The number of imide groups is 1. The lowest BCUT2D eigenvalue weighted by molar-refractivity contribution is -0.286. The van der Waals surface area contributed by atoms with E-state index in [9.17, 15) is 60.3 Å². The van der Waals surface area contributed by atoms with Crippen LogP contribution in [0.1, 0.15) is 167 Å². The second-order valence-electron chi connectivity index (χ2n) is 34.9. The number of benzene rings is 6. The summed E-state index contributed by atoms with van der Waals surface area (Å²) in [5.74, 6) is -15.0. The summed E-state index contributed by atoms with van der Waals surface area (Å²) in [7, 11) is 1.48. The zero-order chi connectivity index (χ0) is 90.2. The molecule has 0 spiro atoms. The average molecular weight is 1790 g/mol. The van der Waals surface area contributed by atoms with Gasteiger partial charge >= 0.3 is 0 Å². The molecule has 6 aromatic rings. The molecule has 21 N–H and O–H groups in total. The van der Waals surface area contributed by atoms with E-state index in [0.717, 1.165) is 99.7 Å². The average Bonchev–Trinajstić information content (AvgIpc) is 0.756. The minimum absolute atomic E-state index is 0.0593. The first-order valence-electron chi connectivity index (χ1n) is 42.4. The van der Waals surface area contributed by atoms with Gasteiger partial charge in [-0.2, -0.15) is 0 Å². The van der Waals surface area contributed by atoms with Gasteiger partial charge in [0.2, 0.25) is 53.0 Å². The number of rotatable bonds is 21. The maximum atomic E-state index is 16.7. The normalized spacial score (nSPS) is 30.2. The smallest absolute Gasteiger partial charge is 0.257 e. The molecule has 9 amide bonds. The second-order valence-corrected chi connectivity index (χ2v) is 35.7. The number of amides is 9. The highest BCUT2D eigenvalue weighted by atomic mass is 35.5. The minimum Gasteiger partial charge on any atom is -0.508 e. The number of hydrogen-bond donors (Lipinski definition) is 20. The van der Waals surface area contributed by atoms with Gasteiger partial charge in [0.25, 0.3) is 5.91 Å². The lowest BCUT2D eigenvalue weighted by Crippen LogP contribution is -2.63. The quantitative estimate of drug-likeness (QED) is 0.0442. The van der Waals surface area contributed by atoms with E-state index < -0.39 is 215 Å². The highest BCUT2D eigenvalue weighted by Gasteiger charge is 2.53. The van der Waals surface area contributed by atoms with E-state index in [4.69, 9.17) is 57.4 Å². The predicted molar refractivity (Wildman–Crippen MR) is 452 cm³/mol. The van der Waals surface area contributed by atoms with Gasteiger partial charge in [0.1, 0.15) is 108 Å². The highest BCUT2D eigenvalue weighted by molar-refractivity contribution is 6.32. The van der Waals surface area contributed by atoms with Crippen LogP contribution in [-0.4, -0.2) is 211 Å². The third-order valence-corrected chi connectivity index (χ3v) is 25.8. The van der Waals surface area contributed by atoms with Gasteiger partial charge in [0.15, 0.2) is 17.8 Å². The van der Waals surface area contributed by atoms with Crippen molar-refractivity contribution < 1.29 is 118 Å². The van der Waals surface area contributed by atoms with Crippen molar-refractivity contribution in [3.63, 3.8) is 0 Å². The Kier molecular flexibility index (Phi) is 28.1. The van der Waals surface area contributed by atoms with Gasteiger partial charge in [-0.15, -0.1) is 0 Å². The molecule has 35 nitrogen and oxygen atoms in total. The summed E-state index contributed by atoms with van der Waals surface area (Å²) in [6.45, 7) is 9.51. The van der Waals surface area contributed by atoms with Gasteiger partial charge in [0.05, 0.1) is 40.8 Å². The molecule has 18 atom stereocenters. The number of halogens is 2. The fourth-order valence-electron chi connectivity index (χ4n) is 18.9. The molecular formula is C89H107Cl2N11O24. The maximum absolute atomic E-state index is 16.7. The number of likely N-dealkylation sites (N-methyl/N-ethyl adjacent to an activating group) is 1. The van der Waals surface area contributed by atoms with Crippen LogP contribution in [0, 0.1) is 35.5 Å². The summed E-state index contributed by atoms with van der Waals surface area (Å²) in [6.07, 6.45) is -11.0. The number of aromatic hydroxyl groups is 3. The van der Waals surface area contributed by atoms with Crippen molar-refractivity contribution in [1.82, 2.24) is 53.2 Å². The molecule has 11 aliphatic rings. The molecule has 126 heavy (non-hydrogen) atoms. The molecule has 17 rings (SSSR count). The number of nitrogens with two attached hydrogens (primary N) is 1. The van der Waals surface area contributed by atoms with Gasteiger partial charge in [0, 0.05) is 59.8 Å². The van der Waals surface area contributed by atoms with Gasteiger partial charge < -0.3 is 128 Å². The van der Waals surface area contributed by atoms with Gasteiger partial charge in [-0.3, -0.25) is 48.5 Å². The molecule has 6 aromatic carbocycles. The third kappa shape index (κ3) is 19.9. The molecule has 5 aliphatic carbocycles. The standard InChI is InChI=1S/C89H107Cl2N11O24/c1-7-18-94-19-20-121-51-13-8-42(9-14-51)81(113)96-65(107)35-57-83(115)98-70-48-30-62(123-60-16-11-44(28-54(60)90)74(108)72(87(119)95-57)101-82(114)56(93-6)21-38(2)3)78(125-64-32-49(37-103)76(110)77(111)79(64)126-66-36-89(5,92)80(112)39(4)122-66)63(31-48)124-61-17-12-45(29-55(61)91)75(109)73-88(120)100-71(86(118)97-68-46-23-40-22-41(25-46)26-47(68)24-40)53-33-50(104)34-59(106)67(53)52-27-43(10-15-58(52)105)69(84(116)102-73)99-85(70)117/h8-17,27-31,33-34,38-41,46-47,49,56-57,64,66,68-77,79-80,93-94,103-106,108-112H,7,18-26,32,35-37,92H2,1-6H3,(H,95,119)(H,97,118)(H,98,115)(H,99,117)(H,100,120)(H,101,114)(H,102,116)(H,96,107,113)/t39-,40?,41?,46?,47?,49+,56+,57-,64+,66-,68?,69+,70+,71-,72+,73-,74+,75+,76+,77-,79-,80+,89-/m0/s1. The van der Waals surface area contributed by atoms with E-state index in [0.29, 0.717) is 24.1 Å². The van der Waals surface area contributed by atoms with E-state index in [2.05, 4.69) is 53.2 Å². The summed E-state index contributed by atoms with van der Waals surface area (Å²) in [5, 5.41) is 134. The van der Waals surface area contributed by atoms with Gasteiger partial charge in [-0.1, -0.05) is 62.2 Å². The predicted octanol–water partition coefficient (Wildman–Crippen LogP) is 4.48. The zero-order valence-corrected chi connectivity index (χ0v) is 71.5. The highest BCUT2D eigenvalue weighted by Crippen LogP contribution is 2.55. The van der Waals surface area contributed by atoms with Crippen molar-refractivity contribution in [3.8, 4) is 62.9 Å². The molecule has 15 bridgehead atoms. The molecule has 37 heteroatoms. The fraction of sp³-hybridized carbons (Fsp3) is 0.494. The Balaban J connectivity index is 0.954. The largest absolute Gasteiger partial charge is 0.508 e. The van der Waals surface area contributed by atoms with Crippen LogP contribution < -0.4 is 77.8 Å². The van der Waals surface area contributed by atoms with Crippen molar-refractivity contribution >= 4 is 76.4 Å². The first-order chi connectivity index (χ1) is 60.0. The number of fused-ring (bicyclic) bond motifs is 15. The third-order valence-electron chi connectivity index (χ3n) is 25.2. The van der Waals surface area contributed by atoms with Crippen molar-refractivity contribution in [2.45, 2.75) is 208 Å². The number of ether oxygens (including phenoxy) is 6. The van der Waals surface area contributed by atoms with Crippen LogP contribution in [0.5, 0.6) is 51.7 Å². The van der Waals surface area contributed by atoms with Crippen molar-refractivity contribution in [1.29, 1.82) is 0 Å². The first kappa shape index (κ1) is 91.7. The van der Waals surface area contributed by atoms with Crippen molar-refractivity contribution in [2.75, 3.05) is 33.4 Å². The molecule has 0 aromatic heterocycles. The number of carbonyl (C=O) groups excluding carboxylic acids is 9. The van der Waals surface area contributed by atoms with E-state index in [1.165, 1.54) is 62.5 Å². The summed E-state index contributed by atoms with van der Waals surface area (Å²) < 4.78 is 39.2. The topological polar surface area (TPSA) is 537 Å². The molecule has 6 fully saturated rings. The molecule has 6 aliphatic heterocycles. The van der Waals surface area contributed by atoms with Crippen LogP contribution in [0.15, 0.2) is 103 Å². The maximum Gasteiger partial charge on any atom is 0.257 e. The molecule has 676 valence electrons. The molecule has 0 unspecified atom stereocenters. The molecular weight excluding hydrogens is 1680 g/mol. The number of aliphatic hydroxyl groups is 6. The Morgan fingerprint density at radius 1 is 0.667 bits per heavy atom. The Hall–Kier alpha value is -10.5. The summed E-state index contributed by atoms with van der Waals surface area (Å²) in [6, 6.07) is 5.95. The minimum atomic E-state index is -2.39. The van der Waals surface area contributed by atoms with Gasteiger partial charge in [-0.05, 0) is 215 Å². The number of aliphatic hydroxyl groups excluding tert-OH is 6. The first-order valence-corrected chi connectivity index (χ1v) is 43.2. The number of phenols is 3. The second kappa shape index (κ2) is 38.6. The van der Waals surface area contributed by atoms with Crippen LogP contribution in [0.4, 0.5) is 0 Å². The van der Waals surface area contributed by atoms with Crippen LogP contribution >= 0.6 is 23.2 Å². The van der Waals surface area contributed by atoms with Gasteiger partial charge in [-0.25, -0.2) is 0 Å².